The molecular formula is C25H33N3. The number of rotatable bonds is 5. The predicted octanol–water partition coefficient (Wildman–Crippen LogP) is 6.33. The van der Waals surface area contributed by atoms with Crippen LogP contribution in [0.2, 0.25) is 0 Å². The van der Waals surface area contributed by atoms with Crippen molar-refractivity contribution in [1.29, 1.82) is 0 Å². The van der Waals surface area contributed by atoms with Crippen LogP contribution in [0.3, 0.4) is 0 Å². The summed E-state index contributed by atoms with van der Waals surface area (Å²) in [6, 6.07) is 10.5. The van der Waals surface area contributed by atoms with Crippen LogP contribution in [0.15, 0.2) is 30.3 Å². The van der Waals surface area contributed by atoms with Crippen molar-refractivity contribution in [2.45, 2.75) is 84.5 Å². The van der Waals surface area contributed by atoms with Gasteiger partial charge >= 0.3 is 0 Å². The third-order valence-corrected chi connectivity index (χ3v) is 5.95. The van der Waals surface area contributed by atoms with Crippen LogP contribution in [0.1, 0.15) is 82.3 Å². The highest BCUT2D eigenvalue weighted by atomic mass is 15.3. The van der Waals surface area contributed by atoms with Crippen LogP contribution in [0.25, 0.3) is 16.7 Å². The van der Waals surface area contributed by atoms with Crippen LogP contribution >= 0.6 is 0 Å². The number of hydrogen-bond donors (Lipinski definition) is 0. The number of hydrogen-bond acceptors (Lipinski definition) is 2. The van der Waals surface area contributed by atoms with E-state index in [1.807, 2.05) is 0 Å². The third-order valence-electron chi connectivity index (χ3n) is 5.95. The Bertz CT molecular complexity index is 961. The fourth-order valence-corrected chi connectivity index (χ4v) is 4.51. The highest BCUT2D eigenvalue weighted by molar-refractivity contribution is 5.86. The van der Waals surface area contributed by atoms with Gasteiger partial charge in [-0.05, 0) is 61.8 Å². The second-order valence-corrected chi connectivity index (χ2v) is 9.22. The summed E-state index contributed by atoms with van der Waals surface area (Å²) in [7, 11) is 0. The number of fused-ring (bicyclic) bond motifs is 3. The van der Waals surface area contributed by atoms with E-state index in [0.29, 0.717) is 0 Å². The van der Waals surface area contributed by atoms with Crippen LogP contribution in [-0.2, 0) is 24.7 Å². The monoisotopic (exact) mass is 375 g/mol. The molecule has 3 nitrogen and oxygen atoms in total. The summed E-state index contributed by atoms with van der Waals surface area (Å²) in [6.07, 6.45) is 9.77. The number of aryl methyl sites for hydroxylation is 2. The molecule has 1 aromatic carbocycles. The lowest BCUT2D eigenvalue weighted by Crippen LogP contribution is -2.15. The zero-order valence-corrected chi connectivity index (χ0v) is 17.9. The predicted molar refractivity (Wildman–Crippen MR) is 117 cm³/mol. The summed E-state index contributed by atoms with van der Waals surface area (Å²) in [4.78, 5) is 5.27. The van der Waals surface area contributed by atoms with Gasteiger partial charge in [-0.2, -0.15) is 5.10 Å². The molecule has 0 bridgehead atoms. The van der Waals surface area contributed by atoms with Gasteiger partial charge in [0.05, 0.1) is 11.4 Å². The highest BCUT2D eigenvalue weighted by Crippen LogP contribution is 2.37. The molecule has 0 saturated heterocycles. The molecule has 0 aliphatic heterocycles. The number of benzene rings is 1. The van der Waals surface area contributed by atoms with Crippen LogP contribution < -0.4 is 0 Å². The molecule has 0 unspecified atom stereocenters. The van der Waals surface area contributed by atoms with Crippen molar-refractivity contribution in [3.63, 3.8) is 0 Å². The van der Waals surface area contributed by atoms with E-state index in [4.69, 9.17) is 10.1 Å². The van der Waals surface area contributed by atoms with Crippen molar-refractivity contribution in [2.24, 2.45) is 0 Å². The van der Waals surface area contributed by atoms with E-state index in [0.717, 1.165) is 17.8 Å². The van der Waals surface area contributed by atoms with Crippen LogP contribution in [0.5, 0.6) is 0 Å². The molecule has 3 aromatic rings. The molecule has 2 heterocycles. The van der Waals surface area contributed by atoms with Crippen LogP contribution in [0, 0.1) is 0 Å². The van der Waals surface area contributed by atoms with Crippen LogP contribution in [-0.4, -0.2) is 14.8 Å². The van der Waals surface area contributed by atoms with Gasteiger partial charge in [0.1, 0.15) is 0 Å². The largest absolute Gasteiger partial charge is 0.233 e. The van der Waals surface area contributed by atoms with E-state index < -0.39 is 0 Å². The normalized spacial score (nSPS) is 14.4. The van der Waals surface area contributed by atoms with E-state index in [-0.39, 0.29) is 5.41 Å². The van der Waals surface area contributed by atoms with Crippen molar-refractivity contribution in [3.05, 3.63) is 52.8 Å². The molecule has 0 atom stereocenters. The number of nitrogens with zero attached hydrogens (tertiary/aromatic N) is 3. The van der Waals surface area contributed by atoms with Gasteiger partial charge < -0.3 is 0 Å². The summed E-state index contributed by atoms with van der Waals surface area (Å²) in [6.45, 7) is 9.09. The Balaban J connectivity index is 1.99. The van der Waals surface area contributed by atoms with Gasteiger partial charge in [0.25, 0.3) is 0 Å². The first kappa shape index (κ1) is 19.2. The average molecular weight is 376 g/mol. The molecule has 0 spiro atoms. The van der Waals surface area contributed by atoms with Gasteiger partial charge in [0, 0.05) is 16.5 Å². The minimum Gasteiger partial charge on any atom is -0.233 e. The van der Waals surface area contributed by atoms with Gasteiger partial charge in [-0.1, -0.05) is 58.7 Å². The molecule has 28 heavy (non-hydrogen) atoms. The molecule has 0 amide bonds. The van der Waals surface area contributed by atoms with E-state index >= 15 is 0 Å². The molecule has 1 aliphatic rings. The lowest BCUT2D eigenvalue weighted by Gasteiger charge is -2.23. The van der Waals surface area contributed by atoms with Crippen molar-refractivity contribution in [1.82, 2.24) is 14.8 Å². The average Bonchev–Trinajstić information content (AvgIpc) is 3.09. The highest BCUT2D eigenvalue weighted by Gasteiger charge is 2.29. The number of aromatic nitrogens is 3. The van der Waals surface area contributed by atoms with E-state index in [1.165, 1.54) is 72.8 Å². The Morgan fingerprint density at radius 3 is 2.36 bits per heavy atom. The molecule has 1 aliphatic carbocycles. The topological polar surface area (TPSA) is 30.7 Å². The number of unbranched alkanes of at least 4 members (excludes halogenated alkanes) is 2. The molecule has 0 radical (unpaired) electrons. The van der Waals surface area contributed by atoms with Gasteiger partial charge in [-0.15, -0.1) is 0 Å². The van der Waals surface area contributed by atoms with Crippen LogP contribution in [0.4, 0.5) is 0 Å². The van der Waals surface area contributed by atoms with Gasteiger partial charge in [-0.25, -0.2) is 9.67 Å². The fourth-order valence-electron chi connectivity index (χ4n) is 4.51. The zero-order chi connectivity index (χ0) is 19.7. The Hall–Kier alpha value is -2.16. The summed E-state index contributed by atoms with van der Waals surface area (Å²) in [5, 5.41) is 6.46. The third kappa shape index (κ3) is 3.47. The molecule has 3 heteroatoms. The maximum absolute atomic E-state index is 5.27. The first-order valence-electron chi connectivity index (χ1n) is 11.0. The minimum atomic E-state index is -0.00505. The van der Waals surface area contributed by atoms with E-state index in [9.17, 15) is 0 Å². The Labute approximate surface area is 169 Å². The summed E-state index contributed by atoms with van der Waals surface area (Å²) in [5.74, 6) is 0. The summed E-state index contributed by atoms with van der Waals surface area (Å²) >= 11 is 0. The Morgan fingerprint density at radius 2 is 1.68 bits per heavy atom. The number of pyridine rings is 1. The minimum absolute atomic E-state index is 0.00505. The summed E-state index contributed by atoms with van der Waals surface area (Å²) in [5.41, 5.74) is 7.75. The van der Waals surface area contributed by atoms with Gasteiger partial charge in [-0.3, -0.25) is 0 Å². The van der Waals surface area contributed by atoms with Crippen molar-refractivity contribution < 1.29 is 0 Å². The fraction of sp³-hybridized carbons (Fsp3) is 0.520. The SMILES string of the molecule is CCCCCc1nc2c(c(C(C)(C)C)nn2-c2ccccc2)c2c1CCCC2. The maximum Gasteiger partial charge on any atom is 0.163 e. The second kappa shape index (κ2) is 7.69. The molecule has 0 N–H and O–H groups in total. The molecular weight excluding hydrogens is 342 g/mol. The Kier molecular flexibility index (Phi) is 5.27. The van der Waals surface area contributed by atoms with Crippen molar-refractivity contribution in [2.75, 3.05) is 0 Å². The first-order chi connectivity index (χ1) is 13.5. The molecule has 2 aromatic heterocycles. The zero-order valence-electron chi connectivity index (χ0n) is 17.9. The lowest BCUT2D eigenvalue weighted by molar-refractivity contribution is 0.564. The van der Waals surface area contributed by atoms with Crippen molar-refractivity contribution in [3.8, 4) is 5.69 Å². The van der Waals surface area contributed by atoms with Crippen molar-refractivity contribution >= 4 is 11.0 Å². The van der Waals surface area contributed by atoms with E-state index in [1.54, 1.807) is 0 Å². The van der Waals surface area contributed by atoms with Gasteiger partial charge in [0.15, 0.2) is 5.65 Å². The van der Waals surface area contributed by atoms with Gasteiger partial charge in [0.2, 0.25) is 0 Å². The second-order valence-electron chi connectivity index (χ2n) is 9.22. The maximum atomic E-state index is 5.27. The summed E-state index contributed by atoms with van der Waals surface area (Å²) < 4.78 is 2.09. The molecule has 0 fully saturated rings. The first-order valence-corrected chi connectivity index (χ1v) is 11.0. The number of para-hydroxylation sites is 1. The molecule has 4 rings (SSSR count). The Morgan fingerprint density at radius 1 is 0.964 bits per heavy atom. The smallest absolute Gasteiger partial charge is 0.163 e. The molecule has 0 saturated carbocycles. The molecule has 148 valence electrons. The standard InChI is InChI=1S/C25H33N3/c1-5-6-8-17-21-19-15-11-12-16-20(19)22-23(25(2,3)4)27-28(24(22)26-21)18-13-9-7-10-14-18/h7,9-10,13-14H,5-6,8,11-12,15-17H2,1-4H3. The van der Waals surface area contributed by atoms with E-state index in [2.05, 4.69) is 62.7 Å². The lowest BCUT2D eigenvalue weighted by atomic mass is 9.83. The quantitative estimate of drug-likeness (QED) is 0.488.